The Morgan fingerprint density at radius 1 is 1.27 bits per heavy atom. The fourth-order valence-electron chi connectivity index (χ4n) is 2.31. The molecular formula is C18H29ClIN3O3. The average Bonchev–Trinajstić information content (AvgIpc) is 2.60. The van der Waals surface area contributed by atoms with E-state index in [4.69, 9.17) is 25.8 Å². The van der Waals surface area contributed by atoms with Crippen molar-refractivity contribution in [3.63, 3.8) is 0 Å². The second-order valence-electron chi connectivity index (χ2n) is 6.44. The number of methoxy groups -OCH3 is 1. The molecule has 0 radical (unpaired) electrons. The highest BCUT2D eigenvalue weighted by Crippen LogP contribution is 2.38. The molecule has 2 N–H and O–H groups in total. The monoisotopic (exact) mass is 497 g/mol. The van der Waals surface area contributed by atoms with Crippen LogP contribution in [0.2, 0.25) is 5.02 Å². The summed E-state index contributed by atoms with van der Waals surface area (Å²) in [5.74, 6) is 2.13. The molecule has 8 heteroatoms. The second kappa shape index (κ2) is 11.0. The van der Waals surface area contributed by atoms with Gasteiger partial charge in [0.15, 0.2) is 17.5 Å². The molecule has 1 aliphatic rings. The lowest BCUT2D eigenvalue weighted by Gasteiger charge is -2.21. The van der Waals surface area contributed by atoms with Gasteiger partial charge in [0.25, 0.3) is 0 Å². The Bertz CT molecular complexity index is 612. The Kier molecular flexibility index (Phi) is 9.81. The van der Waals surface area contributed by atoms with Gasteiger partial charge in [-0.2, -0.15) is 0 Å². The summed E-state index contributed by atoms with van der Waals surface area (Å²) in [5, 5.41) is 7.17. The summed E-state index contributed by atoms with van der Waals surface area (Å²) in [6, 6.07) is 3.91. The van der Waals surface area contributed by atoms with Crippen molar-refractivity contribution in [2.24, 2.45) is 4.99 Å². The summed E-state index contributed by atoms with van der Waals surface area (Å²) in [5.41, 5.74) is 0.806. The summed E-state index contributed by atoms with van der Waals surface area (Å²) in [4.78, 5) is 4.57. The molecule has 1 aliphatic heterocycles. The minimum absolute atomic E-state index is 0. The van der Waals surface area contributed by atoms with Crippen molar-refractivity contribution in [3.05, 3.63) is 22.7 Å². The van der Waals surface area contributed by atoms with Crippen LogP contribution in [-0.2, 0) is 11.2 Å². The summed E-state index contributed by atoms with van der Waals surface area (Å²) in [6.07, 6.45) is 0.800. The summed E-state index contributed by atoms with van der Waals surface area (Å²) in [7, 11) is 1.70. The molecule has 0 unspecified atom stereocenters. The van der Waals surface area contributed by atoms with Crippen molar-refractivity contribution < 1.29 is 14.2 Å². The first-order valence-corrected chi connectivity index (χ1v) is 8.98. The maximum Gasteiger partial charge on any atom is 0.191 e. The Balaban J connectivity index is 0.00000338. The lowest BCUT2D eigenvalue weighted by atomic mass is 10.1. The van der Waals surface area contributed by atoms with E-state index in [0.717, 1.165) is 36.8 Å². The quantitative estimate of drug-likeness (QED) is 0.344. The maximum absolute atomic E-state index is 6.28. The molecule has 0 aromatic heterocycles. The number of hydrogen-bond acceptors (Lipinski definition) is 4. The average molecular weight is 498 g/mol. The van der Waals surface area contributed by atoms with Crippen LogP contribution in [-0.4, -0.2) is 51.5 Å². The van der Waals surface area contributed by atoms with Crippen LogP contribution < -0.4 is 20.1 Å². The molecule has 0 atom stereocenters. The third kappa shape index (κ3) is 7.00. The Morgan fingerprint density at radius 2 is 2.00 bits per heavy atom. The molecule has 1 aromatic carbocycles. The number of fused-ring (bicyclic) bond motifs is 1. The molecule has 0 aliphatic carbocycles. The molecule has 0 fully saturated rings. The first kappa shape index (κ1) is 23.1. The first-order chi connectivity index (χ1) is 11.9. The number of ether oxygens (including phenoxy) is 3. The van der Waals surface area contributed by atoms with E-state index in [9.17, 15) is 0 Å². The van der Waals surface area contributed by atoms with E-state index < -0.39 is 0 Å². The Labute approximate surface area is 178 Å². The van der Waals surface area contributed by atoms with E-state index in [1.54, 1.807) is 7.11 Å². The molecule has 0 saturated carbocycles. The minimum atomic E-state index is -0.286. The molecule has 6 nitrogen and oxygen atoms in total. The Morgan fingerprint density at radius 3 is 2.69 bits per heavy atom. The zero-order chi connectivity index (χ0) is 18.3. The van der Waals surface area contributed by atoms with Gasteiger partial charge >= 0.3 is 0 Å². The van der Waals surface area contributed by atoms with Gasteiger partial charge in [0.2, 0.25) is 0 Å². The molecular weight excluding hydrogens is 469 g/mol. The van der Waals surface area contributed by atoms with Gasteiger partial charge in [0.05, 0.1) is 17.2 Å². The maximum atomic E-state index is 6.28. The topological polar surface area (TPSA) is 64.1 Å². The van der Waals surface area contributed by atoms with Crippen LogP contribution in [0.3, 0.4) is 0 Å². The molecule has 1 aromatic rings. The lowest BCUT2D eigenvalue weighted by Crippen LogP contribution is -2.40. The number of nitrogens with zero attached hydrogens (tertiary/aromatic N) is 1. The molecule has 2 rings (SSSR count). The van der Waals surface area contributed by atoms with Gasteiger partial charge in [0.1, 0.15) is 13.2 Å². The van der Waals surface area contributed by atoms with E-state index in [2.05, 4.69) is 15.6 Å². The molecule has 0 amide bonds. The van der Waals surface area contributed by atoms with Gasteiger partial charge in [-0.15, -0.1) is 24.0 Å². The highest BCUT2D eigenvalue weighted by atomic mass is 127. The molecule has 0 bridgehead atoms. The smallest absolute Gasteiger partial charge is 0.191 e. The summed E-state index contributed by atoms with van der Waals surface area (Å²) in [6.45, 7) is 9.26. The normalized spacial score (nSPS) is 13.8. The largest absolute Gasteiger partial charge is 0.486 e. The SMILES string of the molecule is CCNC(=NCC(C)(C)OC)NCCc1cc(Cl)c2c(c1)OCCO2.I. The van der Waals surface area contributed by atoms with Gasteiger partial charge < -0.3 is 24.8 Å². The predicted octanol–water partition coefficient (Wildman–Crippen LogP) is 3.25. The molecule has 26 heavy (non-hydrogen) atoms. The molecule has 0 saturated heterocycles. The number of rotatable bonds is 7. The van der Waals surface area contributed by atoms with Crippen molar-refractivity contribution in [1.82, 2.24) is 10.6 Å². The van der Waals surface area contributed by atoms with Crippen molar-refractivity contribution in [2.75, 3.05) is 40.0 Å². The van der Waals surface area contributed by atoms with Crippen LogP contribution in [0.1, 0.15) is 26.3 Å². The van der Waals surface area contributed by atoms with E-state index in [-0.39, 0.29) is 29.6 Å². The highest BCUT2D eigenvalue weighted by Gasteiger charge is 2.17. The highest BCUT2D eigenvalue weighted by molar-refractivity contribution is 14.0. The zero-order valence-corrected chi connectivity index (χ0v) is 18.9. The van der Waals surface area contributed by atoms with Gasteiger partial charge in [-0.1, -0.05) is 11.6 Å². The molecule has 0 spiro atoms. The van der Waals surface area contributed by atoms with Gasteiger partial charge in [-0.05, 0) is 44.9 Å². The second-order valence-corrected chi connectivity index (χ2v) is 6.84. The summed E-state index contributed by atoms with van der Waals surface area (Å²) < 4.78 is 16.6. The van der Waals surface area contributed by atoms with E-state index in [0.29, 0.717) is 30.5 Å². The number of aliphatic imine (C=N–C) groups is 1. The van der Waals surface area contributed by atoms with Crippen molar-refractivity contribution in [3.8, 4) is 11.5 Å². The standard InChI is InChI=1S/C18H28ClN3O3.HI/c1-5-20-17(22-12-18(2,3)23-4)21-7-6-13-10-14(19)16-15(11-13)24-8-9-25-16;/h10-11H,5-9,12H2,1-4H3,(H2,20,21,22);1H. The van der Waals surface area contributed by atoms with Crippen LogP contribution >= 0.6 is 35.6 Å². The van der Waals surface area contributed by atoms with E-state index in [1.165, 1.54) is 0 Å². The molecule has 1 heterocycles. The predicted molar refractivity (Wildman–Crippen MR) is 117 cm³/mol. The fourth-order valence-corrected chi connectivity index (χ4v) is 2.60. The van der Waals surface area contributed by atoms with Crippen LogP contribution in [0.25, 0.3) is 0 Å². The third-order valence-electron chi connectivity index (χ3n) is 3.88. The van der Waals surface area contributed by atoms with Gasteiger partial charge in [-0.3, -0.25) is 4.99 Å². The van der Waals surface area contributed by atoms with Crippen LogP contribution in [0.4, 0.5) is 0 Å². The molecule has 148 valence electrons. The number of nitrogens with one attached hydrogen (secondary N) is 2. The number of guanidine groups is 1. The number of halogens is 2. The minimum Gasteiger partial charge on any atom is -0.486 e. The van der Waals surface area contributed by atoms with Gasteiger partial charge in [0, 0.05) is 20.2 Å². The zero-order valence-electron chi connectivity index (χ0n) is 15.9. The van der Waals surface area contributed by atoms with Crippen molar-refractivity contribution >= 4 is 41.5 Å². The van der Waals surface area contributed by atoms with Crippen molar-refractivity contribution in [1.29, 1.82) is 0 Å². The van der Waals surface area contributed by atoms with Gasteiger partial charge in [-0.25, -0.2) is 0 Å². The third-order valence-corrected chi connectivity index (χ3v) is 4.16. The van der Waals surface area contributed by atoms with Crippen LogP contribution in [0, 0.1) is 0 Å². The summed E-state index contributed by atoms with van der Waals surface area (Å²) >= 11 is 6.28. The number of benzene rings is 1. The lowest BCUT2D eigenvalue weighted by molar-refractivity contribution is 0.0310. The first-order valence-electron chi connectivity index (χ1n) is 8.60. The van der Waals surface area contributed by atoms with Crippen LogP contribution in [0.15, 0.2) is 17.1 Å². The Hall–Kier alpha value is -0.930. The van der Waals surface area contributed by atoms with E-state index in [1.807, 2.05) is 32.9 Å². The van der Waals surface area contributed by atoms with E-state index >= 15 is 0 Å². The number of hydrogen-bond donors (Lipinski definition) is 2. The van der Waals surface area contributed by atoms with Crippen molar-refractivity contribution in [2.45, 2.75) is 32.8 Å². The fraction of sp³-hybridized carbons (Fsp3) is 0.611. The van der Waals surface area contributed by atoms with Crippen LogP contribution in [0.5, 0.6) is 11.5 Å².